The van der Waals surface area contributed by atoms with Crippen LogP contribution in [0.2, 0.25) is 5.02 Å². The number of aromatic nitrogens is 3. The van der Waals surface area contributed by atoms with Crippen molar-refractivity contribution in [1.82, 2.24) is 14.4 Å². The monoisotopic (exact) mass is 391 g/mol. The molecule has 140 valence electrons. The molecule has 0 saturated heterocycles. The fourth-order valence-electron chi connectivity index (χ4n) is 2.90. The van der Waals surface area contributed by atoms with Gasteiger partial charge in [-0.25, -0.2) is 14.8 Å². The number of urea groups is 1. The third-order valence-electron chi connectivity index (χ3n) is 4.53. The number of imidazole rings is 1. The highest BCUT2D eigenvalue weighted by Crippen LogP contribution is 2.26. The van der Waals surface area contributed by atoms with Gasteiger partial charge in [-0.05, 0) is 49.2 Å². The third-order valence-corrected chi connectivity index (χ3v) is 4.94. The second-order valence-corrected chi connectivity index (χ2v) is 6.88. The second kappa shape index (κ2) is 7.32. The minimum Gasteiger partial charge on any atom is -0.307 e. The number of hydrogen-bond acceptors (Lipinski definition) is 3. The molecule has 28 heavy (non-hydrogen) atoms. The Hall–Kier alpha value is -3.38. The van der Waals surface area contributed by atoms with Crippen LogP contribution in [0.15, 0.2) is 61.1 Å². The summed E-state index contributed by atoms with van der Waals surface area (Å²) in [4.78, 5) is 21.3. The zero-order chi connectivity index (χ0) is 19.7. The van der Waals surface area contributed by atoms with Gasteiger partial charge in [-0.2, -0.15) is 0 Å². The number of halogens is 1. The lowest BCUT2D eigenvalue weighted by molar-refractivity contribution is 0.262. The predicted molar refractivity (Wildman–Crippen MR) is 112 cm³/mol. The van der Waals surface area contributed by atoms with Crippen molar-refractivity contribution in [3.8, 4) is 11.3 Å². The minimum absolute atomic E-state index is 0.331. The third kappa shape index (κ3) is 3.54. The van der Waals surface area contributed by atoms with E-state index in [2.05, 4.69) is 20.6 Å². The van der Waals surface area contributed by atoms with Crippen LogP contribution in [0.3, 0.4) is 0 Å². The van der Waals surface area contributed by atoms with E-state index in [0.717, 1.165) is 22.4 Å². The zero-order valence-corrected chi connectivity index (χ0v) is 16.2. The van der Waals surface area contributed by atoms with Gasteiger partial charge in [0.1, 0.15) is 0 Å². The van der Waals surface area contributed by atoms with E-state index in [1.165, 1.54) is 0 Å². The van der Waals surface area contributed by atoms with Crippen molar-refractivity contribution in [2.24, 2.45) is 0 Å². The van der Waals surface area contributed by atoms with Crippen LogP contribution in [-0.2, 0) is 0 Å². The molecule has 0 saturated carbocycles. The maximum atomic E-state index is 12.5. The normalized spacial score (nSPS) is 10.8. The van der Waals surface area contributed by atoms with E-state index in [0.29, 0.717) is 22.2 Å². The lowest BCUT2D eigenvalue weighted by atomic mass is 10.1. The fourth-order valence-corrected chi connectivity index (χ4v) is 3.08. The smallest absolute Gasteiger partial charge is 0.307 e. The molecular weight excluding hydrogens is 374 g/mol. The average Bonchev–Trinajstić information content (AvgIpc) is 3.11. The van der Waals surface area contributed by atoms with E-state index in [-0.39, 0.29) is 6.03 Å². The van der Waals surface area contributed by atoms with Gasteiger partial charge in [0.05, 0.1) is 5.69 Å². The number of anilines is 2. The highest BCUT2D eigenvalue weighted by molar-refractivity contribution is 6.31. The topological polar surface area (TPSA) is 71.3 Å². The molecule has 6 nitrogen and oxygen atoms in total. The molecule has 0 atom stereocenters. The Bertz CT molecular complexity index is 1150. The largest absolute Gasteiger partial charge is 0.323 e. The molecule has 2 aromatic heterocycles. The van der Waals surface area contributed by atoms with Gasteiger partial charge >= 0.3 is 6.03 Å². The molecule has 0 bridgehead atoms. The van der Waals surface area contributed by atoms with Crippen LogP contribution in [-0.4, -0.2) is 20.4 Å². The summed E-state index contributed by atoms with van der Waals surface area (Å²) in [5.41, 5.74) is 4.83. The van der Waals surface area contributed by atoms with E-state index >= 15 is 0 Å². The maximum absolute atomic E-state index is 12.5. The van der Waals surface area contributed by atoms with Crippen LogP contribution in [0.1, 0.15) is 11.1 Å². The van der Waals surface area contributed by atoms with Crippen LogP contribution in [0.25, 0.3) is 17.0 Å². The van der Waals surface area contributed by atoms with Crippen molar-refractivity contribution in [3.05, 3.63) is 77.2 Å². The molecule has 2 N–H and O–H groups in total. The van der Waals surface area contributed by atoms with Gasteiger partial charge in [0.15, 0.2) is 0 Å². The first kappa shape index (κ1) is 18.0. The van der Waals surface area contributed by atoms with Gasteiger partial charge in [-0.15, -0.1) is 0 Å². The Balaban J connectivity index is 1.58. The van der Waals surface area contributed by atoms with Crippen molar-refractivity contribution in [3.63, 3.8) is 0 Å². The fraction of sp³-hybridized carbons (Fsp3) is 0.0952. The van der Waals surface area contributed by atoms with Crippen molar-refractivity contribution in [2.75, 3.05) is 10.6 Å². The molecule has 2 aromatic carbocycles. The molecule has 4 rings (SSSR count). The molecule has 0 radical (unpaired) electrons. The molecule has 0 fully saturated rings. The van der Waals surface area contributed by atoms with Crippen molar-refractivity contribution >= 4 is 34.8 Å². The van der Waals surface area contributed by atoms with E-state index in [1.54, 1.807) is 18.3 Å². The number of fused-ring (bicyclic) bond motifs is 1. The van der Waals surface area contributed by atoms with E-state index < -0.39 is 0 Å². The first-order valence-corrected chi connectivity index (χ1v) is 9.13. The number of aryl methyl sites for hydroxylation is 1. The summed E-state index contributed by atoms with van der Waals surface area (Å²) in [6.07, 6.45) is 5.51. The molecule has 7 heteroatoms. The van der Waals surface area contributed by atoms with Gasteiger partial charge in [0.25, 0.3) is 0 Å². The molecular formula is C21H18ClN5O. The summed E-state index contributed by atoms with van der Waals surface area (Å²) in [5, 5.41) is 6.36. The molecule has 0 spiro atoms. The molecule has 0 aliphatic heterocycles. The first-order chi connectivity index (χ1) is 13.5. The van der Waals surface area contributed by atoms with Crippen LogP contribution in [0.4, 0.5) is 16.2 Å². The number of nitrogens with one attached hydrogen (secondary N) is 2. The maximum Gasteiger partial charge on any atom is 0.323 e. The number of carbonyl (C=O) groups excluding carboxylic acids is 1. The van der Waals surface area contributed by atoms with Gasteiger partial charge < -0.3 is 10.6 Å². The Morgan fingerprint density at radius 3 is 2.71 bits per heavy atom. The van der Waals surface area contributed by atoms with Crippen LogP contribution in [0, 0.1) is 13.8 Å². The quantitative estimate of drug-likeness (QED) is 0.497. The summed E-state index contributed by atoms with van der Waals surface area (Å²) in [5.74, 6) is 0.627. The molecule has 0 unspecified atom stereocenters. The Kier molecular flexibility index (Phi) is 4.71. The van der Waals surface area contributed by atoms with Crippen molar-refractivity contribution in [2.45, 2.75) is 13.8 Å². The number of rotatable bonds is 3. The van der Waals surface area contributed by atoms with Gasteiger partial charge in [0.2, 0.25) is 5.78 Å². The summed E-state index contributed by atoms with van der Waals surface area (Å²) < 4.78 is 1.86. The SMILES string of the molecule is Cc1ccc(-c2cn3cccnc3n2)cc1NC(=O)Nc1cccc(Cl)c1C. The summed E-state index contributed by atoms with van der Waals surface area (Å²) in [6.45, 7) is 3.80. The standard InChI is InChI=1S/C21H18ClN5O/c1-13-7-8-15(19-12-27-10-4-9-23-20(27)24-19)11-18(13)26-21(28)25-17-6-3-5-16(22)14(17)2/h3-12H,1-2H3,(H2,25,26,28). The molecule has 2 amide bonds. The van der Waals surface area contributed by atoms with Crippen molar-refractivity contribution < 1.29 is 4.79 Å². The summed E-state index contributed by atoms with van der Waals surface area (Å²) in [6, 6.07) is 12.8. The molecule has 0 aliphatic carbocycles. The highest BCUT2D eigenvalue weighted by Gasteiger charge is 2.11. The number of hydrogen-bond donors (Lipinski definition) is 2. The van der Waals surface area contributed by atoms with Crippen LogP contribution in [0.5, 0.6) is 0 Å². The molecule has 2 heterocycles. The molecule has 0 aliphatic rings. The number of carbonyl (C=O) groups is 1. The lowest BCUT2D eigenvalue weighted by Crippen LogP contribution is -2.20. The summed E-state index contributed by atoms with van der Waals surface area (Å²) >= 11 is 6.12. The van der Waals surface area contributed by atoms with E-state index in [1.807, 2.05) is 61.0 Å². The van der Waals surface area contributed by atoms with Gasteiger partial charge in [-0.3, -0.25) is 4.40 Å². The average molecular weight is 392 g/mol. The van der Waals surface area contributed by atoms with Crippen LogP contribution < -0.4 is 10.6 Å². The van der Waals surface area contributed by atoms with Crippen molar-refractivity contribution in [1.29, 1.82) is 0 Å². The predicted octanol–water partition coefficient (Wildman–Crippen LogP) is 5.31. The lowest BCUT2D eigenvalue weighted by Gasteiger charge is -2.13. The number of amides is 2. The number of nitrogens with zero attached hydrogens (tertiary/aromatic N) is 3. The second-order valence-electron chi connectivity index (χ2n) is 6.47. The highest BCUT2D eigenvalue weighted by atomic mass is 35.5. The number of benzene rings is 2. The minimum atomic E-state index is -0.331. The van der Waals surface area contributed by atoms with Gasteiger partial charge in [-0.1, -0.05) is 29.8 Å². The Labute approximate surface area is 167 Å². The van der Waals surface area contributed by atoms with E-state index in [4.69, 9.17) is 11.6 Å². The Morgan fingerprint density at radius 1 is 1.07 bits per heavy atom. The summed E-state index contributed by atoms with van der Waals surface area (Å²) in [7, 11) is 0. The zero-order valence-electron chi connectivity index (χ0n) is 15.4. The Morgan fingerprint density at radius 2 is 1.89 bits per heavy atom. The molecule has 4 aromatic rings. The van der Waals surface area contributed by atoms with Crippen LogP contribution >= 0.6 is 11.6 Å². The first-order valence-electron chi connectivity index (χ1n) is 8.75. The van der Waals surface area contributed by atoms with E-state index in [9.17, 15) is 4.79 Å². The van der Waals surface area contributed by atoms with Gasteiger partial charge in [0, 0.05) is 40.6 Å².